The van der Waals surface area contributed by atoms with E-state index >= 15 is 0 Å². The van der Waals surface area contributed by atoms with Crippen molar-refractivity contribution < 1.29 is 23.9 Å². The van der Waals surface area contributed by atoms with E-state index in [2.05, 4.69) is 15.7 Å². The van der Waals surface area contributed by atoms with E-state index in [9.17, 15) is 14.4 Å². The van der Waals surface area contributed by atoms with Crippen LogP contribution in [0.2, 0.25) is 0 Å². The molecule has 0 radical (unpaired) electrons. The molecule has 0 saturated carbocycles. The lowest BCUT2D eigenvalue weighted by Gasteiger charge is -2.41. The number of nitrogens with zero attached hydrogens (tertiary/aromatic N) is 2. The average Bonchev–Trinajstić information content (AvgIpc) is 3.38. The van der Waals surface area contributed by atoms with Crippen molar-refractivity contribution in [1.82, 2.24) is 15.8 Å². The van der Waals surface area contributed by atoms with Gasteiger partial charge in [0.15, 0.2) is 11.3 Å². The molecule has 0 fully saturated rings. The minimum Gasteiger partial charge on any atom is -0.449 e. The number of hydrogen-bond acceptors (Lipinski definition) is 7. The summed E-state index contributed by atoms with van der Waals surface area (Å²) < 4.78 is 10.3. The lowest BCUT2D eigenvalue weighted by Crippen LogP contribution is -2.70. The SMILES string of the molecule is CCOC(=O)NN(C(=O)OCC)C(Cc1ccccc1)(C(=O)c1ccc(C)cc1)C1=NCCN1. The summed E-state index contributed by atoms with van der Waals surface area (Å²) in [6.45, 7) is 6.24. The minimum atomic E-state index is -1.74. The number of hydrazine groups is 1. The molecule has 2 N–H and O–H groups in total. The Kier molecular flexibility index (Phi) is 8.24. The van der Waals surface area contributed by atoms with Gasteiger partial charge in [-0.1, -0.05) is 60.2 Å². The first-order valence-corrected chi connectivity index (χ1v) is 11.3. The number of carbonyl (C=O) groups is 3. The number of aryl methyl sites for hydroxylation is 1. The number of carbonyl (C=O) groups excluding carboxylic acids is 3. The number of amides is 2. The fourth-order valence-corrected chi connectivity index (χ4v) is 3.81. The van der Waals surface area contributed by atoms with E-state index in [4.69, 9.17) is 9.47 Å². The van der Waals surface area contributed by atoms with Crippen molar-refractivity contribution in [3.05, 3.63) is 71.3 Å². The Hall–Kier alpha value is -3.88. The van der Waals surface area contributed by atoms with Gasteiger partial charge in [-0.3, -0.25) is 9.79 Å². The Morgan fingerprint density at radius 1 is 1.03 bits per heavy atom. The lowest BCUT2D eigenvalue weighted by atomic mass is 9.81. The van der Waals surface area contributed by atoms with Crippen LogP contribution in [0.3, 0.4) is 0 Å². The van der Waals surface area contributed by atoms with E-state index in [1.54, 1.807) is 26.0 Å². The van der Waals surface area contributed by atoms with Crippen LogP contribution in [0.25, 0.3) is 0 Å². The van der Waals surface area contributed by atoms with E-state index in [1.807, 2.05) is 49.4 Å². The van der Waals surface area contributed by atoms with Gasteiger partial charge >= 0.3 is 12.2 Å². The third kappa shape index (κ3) is 5.36. The van der Waals surface area contributed by atoms with Crippen molar-refractivity contribution in [3.8, 4) is 0 Å². The molecule has 1 aliphatic heterocycles. The summed E-state index contributed by atoms with van der Waals surface area (Å²) in [6.07, 6.45) is -1.75. The van der Waals surface area contributed by atoms with Gasteiger partial charge in [0, 0.05) is 18.5 Å². The third-order valence-corrected chi connectivity index (χ3v) is 5.37. The summed E-state index contributed by atoms with van der Waals surface area (Å²) in [6, 6.07) is 16.3. The Morgan fingerprint density at radius 2 is 1.71 bits per heavy atom. The molecule has 2 amide bonds. The quantitative estimate of drug-likeness (QED) is 0.457. The van der Waals surface area contributed by atoms with Gasteiger partial charge in [-0.25, -0.2) is 15.0 Å². The number of Topliss-reactive ketones (excluding diaryl/α,β-unsaturated/α-hetero) is 1. The zero-order chi connectivity index (χ0) is 24.6. The molecule has 9 heteroatoms. The summed E-state index contributed by atoms with van der Waals surface area (Å²) in [5, 5.41) is 4.07. The molecule has 180 valence electrons. The second-order valence-electron chi connectivity index (χ2n) is 7.74. The Labute approximate surface area is 199 Å². The number of benzene rings is 2. The molecule has 1 unspecified atom stereocenters. The van der Waals surface area contributed by atoms with Crippen LogP contribution in [0.5, 0.6) is 0 Å². The molecule has 1 heterocycles. The number of nitrogens with one attached hydrogen (secondary N) is 2. The molecule has 9 nitrogen and oxygen atoms in total. The molecule has 3 rings (SSSR count). The standard InChI is InChI=1S/C25H30N4O5/c1-4-33-23(31)28-29(24(32)34-5-2)25(22-26-15-16-27-22,17-19-9-7-6-8-10-19)21(30)20-13-11-18(3)12-14-20/h6-14H,4-5,15-17H2,1-3H3,(H,26,27)(H,28,31). The summed E-state index contributed by atoms with van der Waals surface area (Å²) in [4.78, 5) is 44.6. The van der Waals surface area contributed by atoms with E-state index in [1.165, 1.54) is 0 Å². The Bertz CT molecular complexity index is 1040. The number of hydrogen-bond donors (Lipinski definition) is 2. The van der Waals surface area contributed by atoms with E-state index < -0.39 is 23.5 Å². The van der Waals surface area contributed by atoms with Gasteiger partial charge in [0.05, 0.1) is 19.8 Å². The predicted molar refractivity (Wildman–Crippen MR) is 128 cm³/mol. The normalized spacial score (nSPS) is 14.3. The summed E-state index contributed by atoms with van der Waals surface area (Å²) in [5.74, 6) is -0.152. The van der Waals surface area contributed by atoms with Crippen molar-refractivity contribution in [1.29, 1.82) is 0 Å². The van der Waals surface area contributed by atoms with Gasteiger partial charge in [-0.05, 0) is 26.3 Å². The average molecular weight is 467 g/mol. The molecule has 2 aromatic rings. The van der Waals surface area contributed by atoms with Gasteiger partial charge in [-0.15, -0.1) is 0 Å². The maximum Gasteiger partial charge on any atom is 0.430 e. The molecule has 0 bridgehead atoms. The smallest absolute Gasteiger partial charge is 0.430 e. The summed E-state index contributed by atoms with van der Waals surface area (Å²) in [7, 11) is 0. The van der Waals surface area contributed by atoms with Crippen LogP contribution in [0.4, 0.5) is 9.59 Å². The molecule has 1 atom stereocenters. The van der Waals surface area contributed by atoms with Crippen LogP contribution in [0, 0.1) is 6.92 Å². The van der Waals surface area contributed by atoms with Crippen molar-refractivity contribution in [3.63, 3.8) is 0 Å². The van der Waals surface area contributed by atoms with Gasteiger partial charge in [0.1, 0.15) is 5.84 Å². The molecule has 2 aromatic carbocycles. The molecule has 0 aliphatic carbocycles. The first-order valence-electron chi connectivity index (χ1n) is 11.3. The van der Waals surface area contributed by atoms with Crippen molar-refractivity contribution in [2.24, 2.45) is 4.99 Å². The molecule has 0 spiro atoms. The van der Waals surface area contributed by atoms with Crippen LogP contribution in [0.1, 0.15) is 35.3 Å². The fraction of sp³-hybridized carbons (Fsp3) is 0.360. The number of aliphatic imine (C=N–C) groups is 1. The van der Waals surface area contributed by atoms with E-state index in [0.717, 1.165) is 16.1 Å². The monoisotopic (exact) mass is 466 g/mol. The first-order chi connectivity index (χ1) is 16.4. The fourth-order valence-electron chi connectivity index (χ4n) is 3.81. The molecule has 1 aliphatic rings. The number of amidine groups is 1. The summed E-state index contributed by atoms with van der Waals surface area (Å²) >= 11 is 0. The number of rotatable bonds is 8. The second-order valence-corrected chi connectivity index (χ2v) is 7.74. The van der Waals surface area contributed by atoms with Crippen LogP contribution < -0.4 is 10.7 Å². The highest BCUT2D eigenvalue weighted by Crippen LogP contribution is 2.29. The maximum absolute atomic E-state index is 14.3. The molecule has 0 saturated heterocycles. The van der Waals surface area contributed by atoms with Crippen molar-refractivity contribution >= 4 is 23.8 Å². The molecular formula is C25H30N4O5. The highest BCUT2D eigenvalue weighted by atomic mass is 16.6. The highest BCUT2D eigenvalue weighted by Gasteiger charge is 2.54. The van der Waals surface area contributed by atoms with Gasteiger partial charge in [-0.2, -0.15) is 5.01 Å². The molecule has 34 heavy (non-hydrogen) atoms. The Balaban J connectivity index is 2.24. The van der Waals surface area contributed by atoms with Gasteiger partial charge < -0.3 is 14.8 Å². The van der Waals surface area contributed by atoms with Crippen LogP contribution in [-0.2, 0) is 15.9 Å². The number of ether oxygens (including phenoxy) is 2. The van der Waals surface area contributed by atoms with Crippen LogP contribution in [0.15, 0.2) is 59.6 Å². The topological polar surface area (TPSA) is 109 Å². The lowest BCUT2D eigenvalue weighted by molar-refractivity contribution is 0.0348. The first kappa shape index (κ1) is 24.8. The van der Waals surface area contributed by atoms with Crippen LogP contribution >= 0.6 is 0 Å². The van der Waals surface area contributed by atoms with Crippen molar-refractivity contribution in [2.45, 2.75) is 32.7 Å². The van der Waals surface area contributed by atoms with Gasteiger partial charge in [0.2, 0.25) is 0 Å². The van der Waals surface area contributed by atoms with Crippen molar-refractivity contribution in [2.75, 3.05) is 26.3 Å². The largest absolute Gasteiger partial charge is 0.449 e. The minimum absolute atomic E-state index is 0.0393. The van der Waals surface area contributed by atoms with Crippen LogP contribution in [-0.4, -0.2) is 60.7 Å². The second kappa shape index (κ2) is 11.3. The van der Waals surface area contributed by atoms with Gasteiger partial charge in [0.25, 0.3) is 0 Å². The molecule has 0 aromatic heterocycles. The summed E-state index contributed by atoms with van der Waals surface area (Å²) in [5.41, 5.74) is 2.82. The predicted octanol–water partition coefficient (Wildman–Crippen LogP) is 3.28. The number of ketones is 1. The maximum atomic E-state index is 14.3. The Morgan fingerprint density at radius 3 is 2.29 bits per heavy atom. The van der Waals surface area contributed by atoms with E-state index in [0.29, 0.717) is 18.7 Å². The highest BCUT2D eigenvalue weighted by molar-refractivity contribution is 6.21. The third-order valence-electron chi connectivity index (χ3n) is 5.37. The van der Waals surface area contributed by atoms with E-state index in [-0.39, 0.29) is 25.5 Å². The zero-order valence-corrected chi connectivity index (χ0v) is 19.7. The molecular weight excluding hydrogens is 436 g/mol. The zero-order valence-electron chi connectivity index (χ0n) is 19.7.